The Hall–Kier alpha value is -0.530. The van der Waals surface area contributed by atoms with Gasteiger partial charge in [0, 0.05) is 11.1 Å². The fourth-order valence-corrected chi connectivity index (χ4v) is 2.44. The summed E-state index contributed by atoms with van der Waals surface area (Å²) in [5.41, 5.74) is 1.28. The second kappa shape index (κ2) is 8.60. The smallest absolute Gasteiger partial charge is 0.0438 e. The van der Waals surface area contributed by atoms with Crippen LogP contribution in [0.4, 0.5) is 0 Å². The lowest BCUT2D eigenvalue weighted by Gasteiger charge is -2.21. The van der Waals surface area contributed by atoms with Crippen molar-refractivity contribution in [3.63, 3.8) is 0 Å². The predicted octanol–water partition coefficient (Wildman–Crippen LogP) is 4.93. The number of rotatable bonds is 8. The molecule has 1 rings (SSSR count). The van der Waals surface area contributed by atoms with E-state index in [0.717, 1.165) is 23.9 Å². The highest BCUT2D eigenvalue weighted by atomic mass is 35.5. The molecule has 108 valence electrons. The SMILES string of the molecule is CC(C)CCC(CNC(C)C)Cc1ccccc1Cl. The minimum Gasteiger partial charge on any atom is -0.314 e. The quantitative estimate of drug-likeness (QED) is 0.712. The van der Waals surface area contributed by atoms with E-state index in [0.29, 0.717) is 12.0 Å². The monoisotopic (exact) mass is 281 g/mol. The number of hydrogen-bond donors (Lipinski definition) is 1. The van der Waals surface area contributed by atoms with Crippen LogP contribution in [0.3, 0.4) is 0 Å². The summed E-state index contributed by atoms with van der Waals surface area (Å²) >= 11 is 6.27. The Kier molecular flexibility index (Phi) is 7.48. The molecule has 1 atom stereocenters. The van der Waals surface area contributed by atoms with E-state index in [1.54, 1.807) is 0 Å². The van der Waals surface area contributed by atoms with Crippen molar-refractivity contribution in [1.29, 1.82) is 0 Å². The largest absolute Gasteiger partial charge is 0.314 e. The molecule has 1 N–H and O–H groups in total. The van der Waals surface area contributed by atoms with E-state index in [4.69, 9.17) is 11.6 Å². The van der Waals surface area contributed by atoms with Crippen LogP contribution in [0.1, 0.15) is 46.1 Å². The molecule has 1 aromatic rings. The van der Waals surface area contributed by atoms with Gasteiger partial charge in [0.1, 0.15) is 0 Å². The van der Waals surface area contributed by atoms with E-state index in [-0.39, 0.29) is 0 Å². The Labute approximate surface area is 123 Å². The van der Waals surface area contributed by atoms with Gasteiger partial charge in [-0.1, -0.05) is 63.9 Å². The number of benzene rings is 1. The Bertz CT molecular complexity index is 348. The molecular formula is C17H28ClN. The van der Waals surface area contributed by atoms with Crippen molar-refractivity contribution in [1.82, 2.24) is 5.32 Å². The number of halogens is 1. The lowest BCUT2D eigenvalue weighted by molar-refractivity contribution is 0.386. The summed E-state index contributed by atoms with van der Waals surface area (Å²) in [5.74, 6) is 1.44. The molecule has 19 heavy (non-hydrogen) atoms. The van der Waals surface area contributed by atoms with Gasteiger partial charge >= 0.3 is 0 Å². The first-order valence-electron chi connectivity index (χ1n) is 7.45. The molecule has 1 unspecified atom stereocenters. The molecule has 0 amide bonds. The fraction of sp³-hybridized carbons (Fsp3) is 0.647. The van der Waals surface area contributed by atoms with Crippen LogP contribution in [0.2, 0.25) is 5.02 Å². The van der Waals surface area contributed by atoms with E-state index in [1.165, 1.54) is 18.4 Å². The van der Waals surface area contributed by atoms with Crippen LogP contribution < -0.4 is 5.32 Å². The summed E-state index contributed by atoms with van der Waals surface area (Å²) in [6.07, 6.45) is 3.63. The molecule has 0 aromatic heterocycles. The molecule has 0 fully saturated rings. The summed E-state index contributed by atoms with van der Waals surface area (Å²) in [7, 11) is 0. The molecule has 1 nitrogen and oxygen atoms in total. The van der Waals surface area contributed by atoms with Crippen LogP contribution in [-0.4, -0.2) is 12.6 Å². The predicted molar refractivity (Wildman–Crippen MR) is 85.9 cm³/mol. The summed E-state index contributed by atoms with van der Waals surface area (Å²) in [5, 5.41) is 4.47. The van der Waals surface area contributed by atoms with Gasteiger partial charge in [-0.2, -0.15) is 0 Å². The average molecular weight is 282 g/mol. The Balaban J connectivity index is 2.59. The summed E-state index contributed by atoms with van der Waals surface area (Å²) in [6.45, 7) is 10.1. The van der Waals surface area contributed by atoms with E-state index in [1.807, 2.05) is 12.1 Å². The molecule has 0 aliphatic heterocycles. The van der Waals surface area contributed by atoms with Crippen molar-refractivity contribution in [2.75, 3.05) is 6.54 Å². The molecule has 0 saturated carbocycles. The third-order valence-corrected chi connectivity index (χ3v) is 3.80. The van der Waals surface area contributed by atoms with E-state index in [9.17, 15) is 0 Å². The van der Waals surface area contributed by atoms with E-state index >= 15 is 0 Å². The molecule has 0 heterocycles. The lowest BCUT2D eigenvalue weighted by atomic mass is 9.91. The van der Waals surface area contributed by atoms with Crippen LogP contribution in [0.5, 0.6) is 0 Å². The van der Waals surface area contributed by atoms with Crippen LogP contribution in [0.15, 0.2) is 24.3 Å². The first-order valence-corrected chi connectivity index (χ1v) is 7.83. The van der Waals surface area contributed by atoms with Crippen LogP contribution in [-0.2, 0) is 6.42 Å². The molecular weight excluding hydrogens is 254 g/mol. The van der Waals surface area contributed by atoms with E-state index in [2.05, 4.69) is 45.1 Å². The first kappa shape index (κ1) is 16.5. The minimum absolute atomic E-state index is 0.549. The van der Waals surface area contributed by atoms with Gasteiger partial charge in [-0.3, -0.25) is 0 Å². The fourth-order valence-electron chi connectivity index (χ4n) is 2.22. The van der Waals surface area contributed by atoms with Crippen molar-refractivity contribution < 1.29 is 0 Å². The second-order valence-electron chi connectivity index (χ2n) is 6.20. The van der Waals surface area contributed by atoms with Gasteiger partial charge in [0.25, 0.3) is 0 Å². The van der Waals surface area contributed by atoms with Crippen molar-refractivity contribution in [2.24, 2.45) is 11.8 Å². The molecule has 1 aromatic carbocycles. The van der Waals surface area contributed by atoms with Crippen molar-refractivity contribution in [2.45, 2.75) is 53.0 Å². The summed E-state index contributed by atoms with van der Waals surface area (Å²) in [4.78, 5) is 0. The Morgan fingerprint density at radius 1 is 1.05 bits per heavy atom. The highest BCUT2D eigenvalue weighted by Gasteiger charge is 2.13. The molecule has 0 aliphatic carbocycles. The van der Waals surface area contributed by atoms with Gasteiger partial charge in [0.2, 0.25) is 0 Å². The van der Waals surface area contributed by atoms with E-state index < -0.39 is 0 Å². The number of nitrogens with one attached hydrogen (secondary N) is 1. The molecule has 0 spiro atoms. The van der Waals surface area contributed by atoms with Crippen molar-refractivity contribution in [3.05, 3.63) is 34.9 Å². The third-order valence-electron chi connectivity index (χ3n) is 3.43. The molecule has 0 saturated heterocycles. The van der Waals surface area contributed by atoms with Gasteiger partial charge < -0.3 is 5.32 Å². The van der Waals surface area contributed by atoms with Gasteiger partial charge in [-0.05, 0) is 42.9 Å². The Morgan fingerprint density at radius 2 is 1.74 bits per heavy atom. The number of hydrogen-bond acceptors (Lipinski definition) is 1. The maximum Gasteiger partial charge on any atom is 0.0438 e. The first-order chi connectivity index (χ1) is 8.99. The lowest BCUT2D eigenvalue weighted by Crippen LogP contribution is -2.30. The second-order valence-corrected chi connectivity index (χ2v) is 6.60. The highest BCUT2D eigenvalue weighted by Crippen LogP contribution is 2.22. The van der Waals surface area contributed by atoms with Gasteiger partial charge in [0.05, 0.1) is 0 Å². The Morgan fingerprint density at radius 3 is 2.32 bits per heavy atom. The zero-order valence-corrected chi connectivity index (χ0v) is 13.5. The van der Waals surface area contributed by atoms with Gasteiger partial charge in [0.15, 0.2) is 0 Å². The highest BCUT2D eigenvalue weighted by molar-refractivity contribution is 6.31. The molecule has 0 radical (unpaired) electrons. The van der Waals surface area contributed by atoms with Crippen LogP contribution in [0.25, 0.3) is 0 Å². The third kappa shape index (κ3) is 6.98. The van der Waals surface area contributed by atoms with Crippen molar-refractivity contribution >= 4 is 11.6 Å². The van der Waals surface area contributed by atoms with Crippen LogP contribution >= 0.6 is 11.6 Å². The molecule has 2 heteroatoms. The normalized spacial score (nSPS) is 13.2. The van der Waals surface area contributed by atoms with Crippen molar-refractivity contribution in [3.8, 4) is 0 Å². The maximum atomic E-state index is 6.27. The summed E-state index contributed by atoms with van der Waals surface area (Å²) < 4.78 is 0. The standard InChI is InChI=1S/C17H28ClN/c1-13(2)9-10-15(12-19-14(3)4)11-16-7-5-6-8-17(16)18/h5-8,13-15,19H,9-12H2,1-4H3. The van der Waals surface area contributed by atoms with Gasteiger partial charge in [-0.15, -0.1) is 0 Å². The summed E-state index contributed by atoms with van der Waals surface area (Å²) in [6, 6.07) is 8.78. The van der Waals surface area contributed by atoms with Crippen LogP contribution in [0, 0.1) is 11.8 Å². The molecule has 0 aliphatic rings. The van der Waals surface area contributed by atoms with Gasteiger partial charge in [-0.25, -0.2) is 0 Å². The average Bonchev–Trinajstić information content (AvgIpc) is 2.34. The maximum absolute atomic E-state index is 6.27. The zero-order chi connectivity index (χ0) is 14.3. The topological polar surface area (TPSA) is 12.0 Å². The zero-order valence-electron chi connectivity index (χ0n) is 12.7. The molecule has 0 bridgehead atoms. The minimum atomic E-state index is 0.549.